The molecule has 0 spiro atoms. The zero-order chi connectivity index (χ0) is 18.4. The number of hydrogen-bond acceptors (Lipinski definition) is 4. The Morgan fingerprint density at radius 1 is 1.31 bits per heavy atom. The van der Waals surface area contributed by atoms with Gasteiger partial charge in [-0.15, -0.1) is 0 Å². The number of rotatable bonds is 7. The first-order valence-corrected chi connectivity index (χ1v) is 9.60. The molecule has 2 aliphatic heterocycles. The first-order chi connectivity index (χ1) is 12.6. The van der Waals surface area contributed by atoms with Gasteiger partial charge in [0.1, 0.15) is 11.9 Å². The summed E-state index contributed by atoms with van der Waals surface area (Å²) in [5.74, 6) is -0.244. The molecular weight excluding hydrogens is 335 g/mol. The van der Waals surface area contributed by atoms with Gasteiger partial charge >= 0.3 is 0 Å². The van der Waals surface area contributed by atoms with Crippen molar-refractivity contribution in [1.29, 1.82) is 0 Å². The monoisotopic (exact) mass is 364 g/mol. The molecule has 6 heteroatoms. The van der Waals surface area contributed by atoms with Crippen molar-refractivity contribution < 1.29 is 18.7 Å². The van der Waals surface area contributed by atoms with Gasteiger partial charge in [0.2, 0.25) is 5.91 Å². The van der Waals surface area contributed by atoms with Gasteiger partial charge in [-0.3, -0.25) is 9.69 Å². The number of nitrogens with one attached hydrogen (secondary N) is 1. The molecule has 2 saturated heterocycles. The number of ether oxygens (including phenoxy) is 2. The van der Waals surface area contributed by atoms with E-state index >= 15 is 0 Å². The number of carbonyl (C=O) groups is 1. The normalized spacial score (nSPS) is 23.1. The van der Waals surface area contributed by atoms with Crippen LogP contribution in [0.4, 0.5) is 4.39 Å². The fourth-order valence-electron chi connectivity index (χ4n) is 3.51. The highest BCUT2D eigenvalue weighted by molar-refractivity contribution is 5.80. The average molecular weight is 364 g/mol. The van der Waals surface area contributed by atoms with E-state index in [4.69, 9.17) is 9.47 Å². The Balaban J connectivity index is 1.34. The minimum absolute atomic E-state index is 0.0417. The molecular formula is C20H29FN2O3. The van der Waals surface area contributed by atoms with Crippen LogP contribution in [0, 0.1) is 5.82 Å². The third-order valence-electron chi connectivity index (χ3n) is 5.18. The van der Waals surface area contributed by atoms with Crippen LogP contribution in [0.2, 0.25) is 0 Å². The summed E-state index contributed by atoms with van der Waals surface area (Å²) >= 11 is 0. The second kappa shape index (κ2) is 9.44. The Morgan fingerprint density at radius 3 is 2.69 bits per heavy atom. The molecule has 2 aliphatic rings. The topological polar surface area (TPSA) is 50.8 Å². The molecule has 2 unspecified atom stereocenters. The van der Waals surface area contributed by atoms with Crippen LogP contribution >= 0.6 is 0 Å². The number of amides is 1. The molecule has 0 saturated carbocycles. The highest BCUT2D eigenvalue weighted by atomic mass is 19.1. The molecule has 1 amide bonds. The number of hydrogen-bond donors (Lipinski definition) is 1. The van der Waals surface area contributed by atoms with E-state index in [1.807, 2.05) is 12.1 Å². The standard InChI is InChI=1S/C20H29FN2O3/c1-15(26-14-19-3-2-12-25-19)20(24)22-18-8-10-23(11-9-18)13-16-4-6-17(21)7-5-16/h4-7,15,18-19H,2-3,8-14H2,1H3,(H,22,24). The van der Waals surface area contributed by atoms with Gasteiger partial charge in [-0.2, -0.15) is 0 Å². The van der Waals surface area contributed by atoms with E-state index in [2.05, 4.69) is 10.2 Å². The second-order valence-electron chi connectivity index (χ2n) is 7.30. The fraction of sp³-hybridized carbons (Fsp3) is 0.650. The van der Waals surface area contributed by atoms with Crippen molar-refractivity contribution in [1.82, 2.24) is 10.2 Å². The van der Waals surface area contributed by atoms with Crippen LogP contribution in [0.15, 0.2) is 24.3 Å². The molecule has 1 aromatic rings. The summed E-state index contributed by atoms with van der Waals surface area (Å²) in [4.78, 5) is 14.6. The Kier molecular flexibility index (Phi) is 7.00. The second-order valence-corrected chi connectivity index (χ2v) is 7.30. The van der Waals surface area contributed by atoms with Crippen molar-refractivity contribution >= 4 is 5.91 Å². The van der Waals surface area contributed by atoms with Crippen molar-refractivity contribution in [3.8, 4) is 0 Å². The first-order valence-electron chi connectivity index (χ1n) is 9.60. The average Bonchev–Trinajstić information content (AvgIpc) is 3.17. The third-order valence-corrected chi connectivity index (χ3v) is 5.18. The van der Waals surface area contributed by atoms with Gasteiger partial charge in [0.15, 0.2) is 0 Å². The molecule has 0 radical (unpaired) electrons. The van der Waals surface area contributed by atoms with Crippen LogP contribution in [0.25, 0.3) is 0 Å². The van der Waals surface area contributed by atoms with Crippen LogP contribution in [0.5, 0.6) is 0 Å². The van der Waals surface area contributed by atoms with Crippen LogP contribution in [0.3, 0.4) is 0 Å². The molecule has 1 N–H and O–H groups in total. The lowest BCUT2D eigenvalue weighted by Crippen LogP contribution is -2.47. The van der Waals surface area contributed by atoms with E-state index in [1.165, 1.54) is 12.1 Å². The minimum atomic E-state index is -0.448. The highest BCUT2D eigenvalue weighted by Crippen LogP contribution is 2.15. The Morgan fingerprint density at radius 2 is 2.04 bits per heavy atom. The molecule has 3 rings (SSSR count). The number of carbonyl (C=O) groups excluding carboxylic acids is 1. The van der Waals surface area contributed by atoms with Gasteiger partial charge in [-0.25, -0.2) is 4.39 Å². The summed E-state index contributed by atoms with van der Waals surface area (Å²) in [6, 6.07) is 6.86. The van der Waals surface area contributed by atoms with Crippen molar-refractivity contribution in [3.63, 3.8) is 0 Å². The van der Waals surface area contributed by atoms with Crippen LogP contribution in [0.1, 0.15) is 38.2 Å². The predicted molar refractivity (Wildman–Crippen MR) is 97.2 cm³/mol. The fourth-order valence-corrected chi connectivity index (χ4v) is 3.51. The summed E-state index contributed by atoms with van der Waals surface area (Å²) in [6.07, 6.45) is 3.62. The van der Waals surface area contributed by atoms with Gasteiger partial charge in [-0.05, 0) is 50.3 Å². The predicted octanol–water partition coefficient (Wildman–Crippen LogP) is 2.49. The van der Waals surface area contributed by atoms with Gasteiger partial charge < -0.3 is 14.8 Å². The van der Waals surface area contributed by atoms with Crippen molar-refractivity contribution in [2.45, 2.75) is 57.4 Å². The van der Waals surface area contributed by atoms with E-state index in [1.54, 1.807) is 6.92 Å². The quantitative estimate of drug-likeness (QED) is 0.808. The Bertz CT molecular complexity index is 567. The summed E-state index contributed by atoms with van der Waals surface area (Å²) < 4.78 is 24.2. The van der Waals surface area contributed by atoms with E-state index in [0.717, 1.165) is 57.5 Å². The largest absolute Gasteiger partial charge is 0.376 e. The molecule has 0 aromatic heterocycles. The van der Waals surface area contributed by atoms with Crippen LogP contribution in [-0.2, 0) is 20.8 Å². The molecule has 2 atom stereocenters. The maximum atomic E-state index is 13.0. The van der Waals surface area contributed by atoms with Gasteiger partial charge in [0.05, 0.1) is 12.7 Å². The molecule has 0 aliphatic carbocycles. The smallest absolute Gasteiger partial charge is 0.249 e. The minimum Gasteiger partial charge on any atom is -0.376 e. The lowest BCUT2D eigenvalue weighted by Gasteiger charge is -2.33. The molecule has 2 fully saturated rings. The maximum absolute atomic E-state index is 13.0. The van der Waals surface area contributed by atoms with Crippen molar-refractivity contribution in [2.24, 2.45) is 0 Å². The number of halogens is 1. The Hall–Kier alpha value is -1.50. The number of likely N-dealkylation sites (tertiary alicyclic amines) is 1. The number of piperidine rings is 1. The molecule has 1 aromatic carbocycles. The van der Waals surface area contributed by atoms with Crippen LogP contribution in [-0.4, -0.2) is 55.4 Å². The lowest BCUT2D eigenvalue weighted by atomic mass is 10.0. The van der Waals surface area contributed by atoms with E-state index in [9.17, 15) is 9.18 Å². The van der Waals surface area contributed by atoms with Gasteiger partial charge in [0.25, 0.3) is 0 Å². The summed E-state index contributed by atoms with van der Waals surface area (Å²) in [6.45, 7) is 5.76. The van der Waals surface area contributed by atoms with Gasteiger partial charge in [0, 0.05) is 32.3 Å². The summed E-state index contributed by atoms with van der Waals surface area (Å²) in [5, 5.41) is 3.10. The van der Waals surface area contributed by atoms with E-state index < -0.39 is 6.10 Å². The molecule has 5 nitrogen and oxygen atoms in total. The molecule has 2 heterocycles. The molecule has 0 bridgehead atoms. The Labute approximate surface area is 154 Å². The van der Waals surface area contributed by atoms with Crippen molar-refractivity contribution in [2.75, 3.05) is 26.3 Å². The zero-order valence-electron chi connectivity index (χ0n) is 15.5. The lowest BCUT2D eigenvalue weighted by molar-refractivity contribution is -0.134. The van der Waals surface area contributed by atoms with E-state index in [-0.39, 0.29) is 23.9 Å². The van der Waals surface area contributed by atoms with Gasteiger partial charge in [-0.1, -0.05) is 12.1 Å². The summed E-state index contributed by atoms with van der Waals surface area (Å²) in [7, 11) is 0. The van der Waals surface area contributed by atoms with E-state index in [0.29, 0.717) is 6.61 Å². The number of nitrogens with zero attached hydrogens (tertiary/aromatic N) is 1. The van der Waals surface area contributed by atoms with Crippen molar-refractivity contribution in [3.05, 3.63) is 35.6 Å². The maximum Gasteiger partial charge on any atom is 0.249 e. The zero-order valence-corrected chi connectivity index (χ0v) is 15.5. The number of benzene rings is 1. The SMILES string of the molecule is CC(OCC1CCCO1)C(=O)NC1CCN(Cc2ccc(F)cc2)CC1. The molecule has 144 valence electrons. The summed E-state index contributed by atoms with van der Waals surface area (Å²) in [5.41, 5.74) is 1.12. The van der Waals surface area contributed by atoms with Crippen LogP contribution < -0.4 is 5.32 Å². The third kappa shape index (κ3) is 5.76. The first kappa shape index (κ1) is 19.3. The molecule has 26 heavy (non-hydrogen) atoms. The highest BCUT2D eigenvalue weighted by Gasteiger charge is 2.24.